The number of benzene rings is 1. The highest BCUT2D eigenvalue weighted by Gasteiger charge is 2.40. The third-order valence-electron chi connectivity index (χ3n) is 5.21. The largest absolute Gasteiger partial charge is 0.465 e. The SMILES string of the molecule is O=C(O)N1CCC(N2Cc3cccc(N4CCOCC4)c3NS2(O)O)C1. The minimum atomic E-state index is -3.22. The number of amides is 1. The maximum Gasteiger partial charge on any atom is 0.407 e. The summed E-state index contributed by atoms with van der Waals surface area (Å²) in [4.78, 5) is 14.7. The smallest absolute Gasteiger partial charge is 0.407 e. The van der Waals surface area contributed by atoms with Crippen molar-refractivity contribution in [3.05, 3.63) is 23.8 Å². The number of ether oxygens (including phenoxy) is 1. The van der Waals surface area contributed by atoms with Crippen LogP contribution in [0.25, 0.3) is 0 Å². The Bertz CT molecular complexity index is 697. The van der Waals surface area contributed by atoms with E-state index < -0.39 is 17.1 Å². The predicted molar refractivity (Wildman–Crippen MR) is 99.5 cm³/mol. The number of anilines is 2. The highest BCUT2D eigenvalue weighted by Crippen LogP contribution is 2.53. The molecule has 2 fully saturated rings. The summed E-state index contributed by atoms with van der Waals surface area (Å²) in [7, 11) is -3.22. The number of carboxylic acid groups (broad SMARTS) is 1. The molecule has 2 saturated heterocycles. The van der Waals surface area contributed by atoms with E-state index in [2.05, 4.69) is 9.62 Å². The lowest BCUT2D eigenvalue weighted by Crippen LogP contribution is -2.45. The zero-order valence-electron chi connectivity index (χ0n) is 14.4. The number of hydrogen-bond acceptors (Lipinski definition) is 7. The Morgan fingerprint density at radius 2 is 2.00 bits per heavy atom. The van der Waals surface area contributed by atoms with Crippen LogP contribution < -0.4 is 9.62 Å². The number of hydrogen-bond donors (Lipinski definition) is 4. The Labute approximate surface area is 153 Å². The first kappa shape index (κ1) is 17.7. The fourth-order valence-corrected chi connectivity index (χ4v) is 5.38. The summed E-state index contributed by atoms with van der Waals surface area (Å²) in [6, 6.07) is 5.70. The fraction of sp³-hybridized carbons (Fsp3) is 0.562. The molecule has 1 unspecified atom stereocenters. The lowest BCUT2D eigenvalue weighted by molar-refractivity contribution is 0.122. The third-order valence-corrected chi connectivity index (χ3v) is 6.77. The van der Waals surface area contributed by atoms with Crippen molar-refractivity contribution in [3.8, 4) is 0 Å². The number of rotatable bonds is 2. The van der Waals surface area contributed by atoms with E-state index in [9.17, 15) is 13.9 Å². The highest BCUT2D eigenvalue weighted by atomic mass is 32.3. The van der Waals surface area contributed by atoms with Crippen LogP contribution in [0.5, 0.6) is 0 Å². The Hall–Kier alpha value is -1.72. The van der Waals surface area contributed by atoms with Gasteiger partial charge in [-0.05, 0) is 18.1 Å². The summed E-state index contributed by atoms with van der Waals surface area (Å²) >= 11 is 0. The minimum absolute atomic E-state index is 0.219. The van der Waals surface area contributed by atoms with Crippen molar-refractivity contribution >= 4 is 28.4 Å². The lowest BCUT2D eigenvalue weighted by atomic mass is 10.1. The molecule has 0 saturated carbocycles. The quantitative estimate of drug-likeness (QED) is 0.614. The summed E-state index contributed by atoms with van der Waals surface area (Å²) in [5.74, 6) is 0. The van der Waals surface area contributed by atoms with E-state index in [0.717, 1.165) is 30.0 Å². The molecule has 0 aliphatic carbocycles. The molecular weight excluding hydrogens is 360 g/mol. The van der Waals surface area contributed by atoms with Crippen LogP contribution in [0.15, 0.2) is 18.2 Å². The van der Waals surface area contributed by atoms with E-state index in [4.69, 9.17) is 9.84 Å². The maximum absolute atomic E-state index is 11.2. The van der Waals surface area contributed by atoms with E-state index in [1.54, 1.807) is 4.31 Å². The number of fused-ring (bicyclic) bond motifs is 1. The monoisotopic (exact) mass is 384 g/mol. The molecule has 3 aliphatic rings. The molecule has 0 aromatic heterocycles. The summed E-state index contributed by atoms with van der Waals surface area (Å²) in [6.07, 6.45) is -0.383. The van der Waals surface area contributed by atoms with Crippen molar-refractivity contribution in [2.24, 2.45) is 0 Å². The van der Waals surface area contributed by atoms with Crippen LogP contribution >= 0.6 is 11.0 Å². The van der Waals surface area contributed by atoms with Crippen LogP contribution in [0.2, 0.25) is 0 Å². The standard InChI is InChI=1S/C16H24N4O5S/c21-16(22)19-5-4-13(11-19)20-10-12-2-1-3-14(15(12)17-26(20,23)24)18-6-8-25-9-7-18/h1-3,13,17,23-24H,4-11H2,(H,21,22). The summed E-state index contributed by atoms with van der Waals surface area (Å²) in [5.41, 5.74) is 2.68. The molecule has 144 valence electrons. The number of carbonyl (C=O) groups is 1. The van der Waals surface area contributed by atoms with Gasteiger partial charge in [-0.25, -0.2) is 4.79 Å². The van der Waals surface area contributed by atoms with Crippen LogP contribution in [-0.2, 0) is 11.3 Å². The lowest BCUT2D eigenvalue weighted by Gasteiger charge is -2.50. The van der Waals surface area contributed by atoms with Gasteiger partial charge in [-0.15, -0.1) is 0 Å². The molecule has 1 aromatic carbocycles. The van der Waals surface area contributed by atoms with Crippen molar-refractivity contribution < 1.29 is 23.7 Å². The van der Waals surface area contributed by atoms with E-state index in [1.165, 1.54) is 4.90 Å². The van der Waals surface area contributed by atoms with Crippen molar-refractivity contribution in [2.75, 3.05) is 49.0 Å². The van der Waals surface area contributed by atoms with Gasteiger partial charge in [0.2, 0.25) is 0 Å². The molecule has 1 amide bonds. The summed E-state index contributed by atoms with van der Waals surface area (Å²) in [5, 5.41) is 9.16. The summed E-state index contributed by atoms with van der Waals surface area (Å²) in [6.45, 7) is 3.89. The zero-order chi connectivity index (χ0) is 18.3. The van der Waals surface area contributed by atoms with E-state index in [0.29, 0.717) is 32.7 Å². The second-order valence-corrected chi connectivity index (χ2v) is 8.49. The van der Waals surface area contributed by atoms with Crippen LogP contribution in [0, 0.1) is 0 Å². The van der Waals surface area contributed by atoms with Gasteiger partial charge in [-0.2, -0.15) is 4.31 Å². The van der Waals surface area contributed by atoms with Gasteiger partial charge in [0.1, 0.15) is 0 Å². The van der Waals surface area contributed by atoms with Crippen molar-refractivity contribution in [1.82, 2.24) is 9.21 Å². The van der Waals surface area contributed by atoms with Gasteiger partial charge in [0.25, 0.3) is 0 Å². The van der Waals surface area contributed by atoms with Gasteiger partial charge >= 0.3 is 6.09 Å². The third kappa shape index (κ3) is 3.19. The Balaban J connectivity index is 1.59. The number of nitrogens with one attached hydrogen (secondary N) is 1. The zero-order valence-corrected chi connectivity index (χ0v) is 15.2. The van der Waals surface area contributed by atoms with E-state index in [-0.39, 0.29) is 12.6 Å². The molecule has 1 aromatic rings. The molecule has 26 heavy (non-hydrogen) atoms. The first-order valence-corrected chi connectivity index (χ1v) is 10.2. The summed E-state index contributed by atoms with van der Waals surface area (Å²) < 4.78 is 31.4. The normalized spacial score (nSPS) is 26.9. The number of para-hydroxylation sites is 1. The highest BCUT2D eigenvalue weighted by molar-refractivity contribution is 8.23. The molecule has 9 nitrogen and oxygen atoms in total. The number of nitrogens with zero attached hydrogens (tertiary/aromatic N) is 3. The molecule has 0 radical (unpaired) electrons. The molecule has 4 rings (SSSR count). The molecule has 0 spiro atoms. The van der Waals surface area contributed by atoms with Crippen LogP contribution in [0.1, 0.15) is 12.0 Å². The average Bonchev–Trinajstić information content (AvgIpc) is 3.11. The second kappa shape index (κ2) is 6.78. The average molecular weight is 384 g/mol. The van der Waals surface area contributed by atoms with Gasteiger partial charge in [-0.3, -0.25) is 13.8 Å². The van der Waals surface area contributed by atoms with Gasteiger partial charge in [0.15, 0.2) is 0 Å². The fourth-order valence-electron chi connectivity index (χ4n) is 3.85. The molecule has 10 heteroatoms. The van der Waals surface area contributed by atoms with Gasteiger partial charge in [0, 0.05) is 32.7 Å². The first-order valence-electron chi connectivity index (χ1n) is 8.71. The molecule has 4 N–H and O–H groups in total. The topological polar surface area (TPSA) is 109 Å². The Morgan fingerprint density at radius 1 is 1.23 bits per heavy atom. The molecular formula is C16H24N4O5S. The molecule has 3 aliphatic heterocycles. The van der Waals surface area contributed by atoms with Crippen molar-refractivity contribution in [3.63, 3.8) is 0 Å². The minimum Gasteiger partial charge on any atom is -0.465 e. The van der Waals surface area contributed by atoms with Crippen LogP contribution in [-0.4, -0.2) is 74.9 Å². The van der Waals surface area contributed by atoms with Crippen LogP contribution in [0.4, 0.5) is 16.2 Å². The molecule has 0 bridgehead atoms. The Kier molecular flexibility index (Phi) is 4.61. The van der Waals surface area contributed by atoms with E-state index in [1.807, 2.05) is 18.2 Å². The Morgan fingerprint density at radius 3 is 2.69 bits per heavy atom. The van der Waals surface area contributed by atoms with Gasteiger partial charge < -0.3 is 19.6 Å². The van der Waals surface area contributed by atoms with E-state index >= 15 is 0 Å². The second-order valence-electron chi connectivity index (χ2n) is 6.78. The predicted octanol–water partition coefficient (Wildman–Crippen LogP) is 2.08. The van der Waals surface area contributed by atoms with Crippen molar-refractivity contribution in [2.45, 2.75) is 19.0 Å². The maximum atomic E-state index is 11.2. The first-order chi connectivity index (χ1) is 12.5. The van der Waals surface area contributed by atoms with Gasteiger partial charge in [-0.1, -0.05) is 23.1 Å². The number of morpholine rings is 1. The van der Waals surface area contributed by atoms with Crippen molar-refractivity contribution in [1.29, 1.82) is 0 Å². The molecule has 1 atom stereocenters. The van der Waals surface area contributed by atoms with Crippen LogP contribution in [0.3, 0.4) is 0 Å². The number of likely N-dealkylation sites (tertiary alicyclic amines) is 1. The molecule has 3 heterocycles. The van der Waals surface area contributed by atoms with Gasteiger partial charge in [0.05, 0.1) is 30.6 Å².